The highest BCUT2D eigenvalue weighted by Gasteiger charge is 2.22. The molecule has 4 heterocycles. The van der Waals surface area contributed by atoms with Gasteiger partial charge in [-0.15, -0.1) is 0 Å². The molecular formula is C20H24N10O4S2. The Morgan fingerprint density at radius 3 is 2.69 bits per heavy atom. The lowest BCUT2D eigenvalue weighted by Crippen LogP contribution is -2.36. The standard InChI is InChI=1S/C20H24N10O4S2/c21-18-17-19(25-11-24-18)30(6-5-23-3-4-27-36(22,31)32)20(28-17)35-16-10-15-14(33-7-8-34-15)9-12(16)13-1-2-26-29-13/h1-2,9-11,23,27H,3-8H2,(H,26,29)(H2,21,24,25)(H2,22,31,32). The van der Waals surface area contributed by atoms with Crippen LogP contribution in [0, 0.1) is 0 Å². The van der Waals surface area contributed by atoms with E-state index in [1.54, 1.807) is 6.20 Å². The molecule has 1 aliphatic heterocycles. The molecule has 16 heteroatoms. The maximum atomic E-state index is 11.0. The van der Waals surface area contributed by atoms with Crippen LogP contribution >= 0.6 is 11.8 Å². The Morgan fingerprint density at radius 2 is 1.94 bits per heavy atom. The zero-order chi connectivity index (χ0) is 25.1. The number of anilines is 1. The molecule has 0 bridgehead atoms. The highest BCUT2D eigenvalue weighted by molar-refractivity contribution is 7.99. The molecule has 14 nitrogen and oxygen atoms in total. The smallest absolute Gasteiger partial charge is 0.274 e. The van der Waals surface area contributed by atoms with Gasteiger partial charge in [0.2, 0.25) is 0 Å². The first kappa shape index (κ1) is 24.3. The Kier molecular flexibility index (Phi) is 6.92. The number of hydrogen-bond donors (Lipinski definition) is 5. The van der Waals surface area contributed by atoms with Crippen molar-refractivity contribution in [3.8, 4) is 22.8 Å². The maximum Gasteiger partial charge on any atom is 0.274 e. The second-order valence-electron chi connectivity index (χ2n) is 7.73. The fraction of sp³-hybridized carbons (Fsp3) is 0.300. The van der Waals surface area contributed by atoms with E-state index in [2.05, 4.69) is 30.2 Å². The van der Waals surface area contributed by atoms with Gasteiger partial charge in [-0.05, 0) is 18.2 Å². The summed E-state index contributed by atoms with van der Waals surface area (Å²) >= 11 is 1.43. The number of fused-ring (bicyclic) bond motifs is 2. The monoisotopic (exact) mass is 532 g/mol. The van der Waals surface area contributed by atoms with Gasteiger partial charge >= 0.3 is 0 Å². The lowest BCUT2D eigenvalue weighted by atomic mass is 10.1. The van der Waals surface area contributed by atoms with Gasteiger partial charge in [0, 0.05) is 42.8 Å². The van der Waals surface area contributed by atoms with E-state index in [-0.39, 0.29) is 12.4 Å². The summed E-state index contributed by atoms with van der Waals surface area (Å²) in [5.74, 6) is 1.59. The van der Waals surface area contributed by atoms with E-state index >= 15 is 0 Å². The number of hydrogen-bond acceptors (Lipinski definition) is 11. The largest absolute Gasteiger partial charge is 0.486 e. The predicted octanol–water partition coefficient (Wildman–Crippen LogP) is 0.104. The predicted molar refractivity (Wildman–Crippen MR) is 133 cm³/mol. The summed E-state index contributed by atoms with van der Waals surface area (Å²) in [6.07, 6.45) is 3.08. The van der Waals surface area contributed by atoms with E-state index in [9.17, 15) is 8.42 Å². The minimum atomic E-state index is -3.72. The van der Waals surface area contributed by atoms with Gasteiger partial charge < -0.3 is 25.1 Å². The molecule has 0 saturated heterocycles. The van der Waals surface area contributed by atoms with Crippen molar-refractivity contribution >= 4 is 39.0 Å². The molecular weight excluding hydrogens is 508 g/mol. The first-order chi connectivity index (χ1) is 17.4. The molecule has 5 rings (SSSR count). The molecule has 0 unspecified atom stereocenters. The number of imidazole rings is 1. The lowest BCUT2D eigenvalue weighted by molar-refractivity contribution is 0.171. The summed E-state index contributed by atoms with van der Waals surface area (Å²) in [6.45, 7) is 2.53. The summed E-state index contributed by atoms with van der Waals surface area (Å²) in [4.78, 5) is 14.1. The average molecular weight is 533 g/mol. The Hall–Kier alpha value is -3.44. The third-order valence-electron chi connectivity index (χ3n) is 5.28. The van der Waals surface area contributed by atoms with Gasteiger partial charge in [-0.25, -0.2) is 24.8 Å². The van der Waals surface area contributed by atoms with Gasteiger partial charge in [-0.2, -0.15) is 13.5 Å². The Bertz CT molecular complexity index is 1470. The second kappa shape index (κ2) is 10.3. The quantitative estimate of drug-likeness (QED) is 0.173. The van der Waals surface area contributed by atoms with Crippen LogP contribution in [0.2, 0.25) is 0 Å². The van der Waals surface area contributed by atoms with Crippen molar-refractivity contribution in [3.05, 3.63) is 30.7 Å². The molecule has 4 aromatic rings. The molecule has 0 spiro atoms. The third-order valence-corrected chi connectivity index (χ3v) is 6.94. The third kappa shape index (κ3) is 5.36. The molecule has 0 aliphatic carbocycles. The van der Waals surface area contributed by atoms with Crippen molar-refractivity contribution in [3.63, 3.8) is 0 Å². The van der Waals surface area contributed by atoms with Gasteiger partial charge in [-0.3, -0.25) is 5.10 Å². The molecule has 0 saturated carbocycles. The van der Waals surface area contributed by atoms with E-state index in [0.717, 1.165) is 16.2 Å². The number of nitrogens with zero attached hydrogens (tertiary/aromatic N) is 5. The topological polar surface area (TPSA) is 201 Å². The molecule has 0 fully saturated rings. The minimum Gasteiger partial charge on any atom is -0.486 e. The summed E-state index contributed by atoms with van der Waals surface area (Å²) < 4.78 is 37.8. The summed E-state index contributed by atoms with van der Waals surface area (Å²) in [5, 5.41) is 15.9. The van der Waals surface area contributed by atoms with Crippen molar-refractivity contribution in [1.82, 2.24) is 39.8 Å². The van der Waals surface area contributed by atoms with Crippen LogP contribution < -0.4 is 30.4 Å². The number of nitrogens with one attached hydrogen (secondary N) is 3. The highest BCUT2D eigenvalue weighted by Crippen LogP contribution is 2.43. The molecule has 0 amide bonds. The number of nitrogens with two attached hydrogens (primary N) is 2. The van der Waals surface area contributed by atoms with Crippen molar-refractivity contribution in [2.45, 2.75) is 16.6 Å². The fourth-order valence-corrected chi connectivity index (χ4v) is 5.13. The van der Waals surface area contributed by atoms with Crippen LogP contribution in [0.4, 0.5) is 5.82 Å². The van der Waals surface area contributed by atoms with Crippen molar-refractivity contribution in [2.24, 2.45) is 5.14 Å². The van der Waals surface area contributed by atoms with Crippen molar-refractivity contribution in [2.75, 3.05) is 38.6 Å². The van der Waals surface area contributed by atoms with Crippen molar-refractivity contribution in [1.29, 1.82) is 0 Å². The van der Waals surface area contributed by atoms with E-state index in [4.69, 9.17) is 25.3 Å². The number of benzene rings is 1. The van der Waals surface area contributed by atoms with Crippen LogP contribution in [0.5, 0.6) is 11.5 Å². The van der Waals surface area contributed by atoms with Crippen LogP contribution in [-0.4, -0.2) is 71.0 Å². The molecule has 0 atom stereocenters. The lowest BCUT2D eigenvalue weighted by Gasteiger charge is -2.20. The first-order valence-corrected chi connectivity index (χ1v) is 13.3. The molecule has 36 heavy (non-hydrogen) atoms. The van der Waals surface area contributed by atoms with Crippen LogP contribution in [0.3, 0.4) is 0 Å². The minimum absolute atomic E-state index is 0.172. The Labute approximate surface area is 210 Å². The number of ether oxygens (including phenoxy) is 2. The fourth-order valence-electron chi connectivity index (χ4n) is 3.68. The van der Waals surface area contributed by atoms with Crippen LogP contribution in [0.25, 0.3) is 22.4 Å². The molecule has 7 N–H and O–H groups in total. The Balaban J connectivity index is 1.44. The second-order valence-corrected chi connectivity index (χ2v) is 10.1. The van der Waals surface area contributed by atoms with E-state index in [1.807, 2.05) is 22.8 Å². The van der Waals surface area contributed by atoms with Crippen LogP contribution in [-0.2, 0) is 16.8 Å². The molecule has 0 radical (unpaired) electrons. The zero-order valence-electron chi connectivity index (χ0n) is 19.0. The summed E-state index contributed by atoms with van der Waals surface area (Å²) in [5.41, 5.74) is 8.88. The van der Waals surface area contributed by atoms with Gasteiger partial charge in [0.05, 0.1) is 5.69 Å². The van der Waals surface area contributed by atoms with Gasteiger partial charge in [0.15, 0.2) is 33.6 Å². The van der Waals surface area contributed by atoms with E-state index in [0.29, 0.717) is 60.7 Å². The maximum absolute atomic E-state index is 11.0. The molecule has 1 aromatic carbocycles. The molecule has 1 aliphatic rings. The van der Waals surface area contributed by atoms with Gasteiger partial charge in [0.1, 0.15) is 19.5 Å². The molecule has 3 aromatic heterocycles. The van der Waals surface area contributed by atoms with Gasteiger partial charge in [0.25, 0.3) is 10.2 Å². The SMILES string of the molecule is Nc1ncnc2c1nc(Sc1cc3c(cc1-c1ccn[nH]1)OCCO3)n2CCNCCNS(N)(=O)=O. The highest BCUT2D eigenvalue weighted by atomic mass is 32.2. The Morgan fingerprint density at radius 1 is 1.14 bits per heavy atom. The number of aromatic nitrogens is 6. The van der Waals surface area contributed by atoms with Crippen LogP contribution in [0.1, 0.15) is 0 Å². The van der Waals surface area contributed by atoms with E-state index in [1.165, 1.54) is 18.1 Å². The number of H-pyrrole nitrogens is 1. The number of nitrogen functional groups attached to an aromatic ring is 1. The number of aromatic amines is 1. The van der Waals surface area contributed by atoms with E-state index < -0.39 is 10.2 Å². The average Bonchev–Trinajstić information content (AvgIpc) is 3.50. The number of rotatable bonds is 10. The summed E-state index contributed by atoms with van der Waals surface area (Å²) in [7, 11) is -3.72. The van der Waals surface area contributed by atoms with Crippen LogP contribution in [0.15, 0.2) is 40.8 Å². The normalized spacial score (nSPS) is 13.4. The summed E-state index contributed by atoms with van der Waals surface area (Å²) in [6, 6.07) is 5.72. The van der Waals surface area contributed by atoms with Crippen molar-refractivity contribution < 1.29 is 17.9 Å². The van der Waals surface area contributed by atoms with Gasteiger partial charge in [-0.1, -0.05) is 11.8 Å². The molecule has 190 valence electrons. The first-order valence-electron chi connectivity index (χ1n) is 10.9. The zero-order valence-corrected chi connectivity index (χ0v) is 20.6.